The minimum Gasteiger partial charge on any atom is -0.478 e. The zero-order valence-electron chi connectivity index (χ0n) is 14.2. The smallest absolute Gasteiger partial charge is 0.354 e. The molecule has 0 amide bonds. The van der Waals surface area contributed by atoms with Gasteiger partial charge in [-0.2, -0.15) is 0 Å². The molecule has 27 heavy (non-hydrogen) atoms. The maximum absolute atomic E-state index is 11.5. The number of carbonyl (C=O) groups is 2. The molecule has 0 atom stereocenters. The van der Waals surface area contributed by atoms with Gasteiger partial charge in [-0.05, 0) is 30.7 Å². The molecule has 3 aromatic rings. The first-order valence-electron chi connectivity index (χ1n) is 8.06. The Kier molecular flexibility index (Phi) is 3.59. The molecule has 0 spiro atoms. The normalized spacial score (nSPS) is 12.4. The number of aromatic nitrogens is 3. The number of hydrogen-bond donors (Lipinski definition) is 2. The van der Waals surface area contributed by atoms with Crippen LogP contribution >= 0.6 is 0 Å². The molecule has 4 rings (SSSR count). The zero-order chi connectivity index (χ0) is 19.3. The SMILES string of the molecule is C=C1c2nc3cnc(C(=O)O)cc3nc2-c2cc(C(=O)O)cc(/C=C\C)c21. The van der Waals surface area contributed by atoms with Crippen LogP contribution in [0.5, 0.6) is 0 Å². The van der Waals surface area contributed by atoms with E-state index in [4.69, 9.17) is 5.11 Å². The Morgan fingerprint density at radius 1 is 1.04 bits per heavy atom. The van der Waals surface area contributed by atoms with E-state index in [1.54, 1.807) is 12.1 Å². The van der Waals surface area contributed by atoms with Crippen LogP contribution < -0.4 is 0 Å². The van der Waals surface area contributed by atoms with E-state index in [0.717, 1.165) is 5.56 Å². The van der Waals surface area contributed by atoms with Crippen molar-refractivity contribution in [3.63, 3.8) is 0 Å². The van der Waals surface area contributed by atoms with E-state index in [0.29, 0.717) is 39.1 Å². The van der Waals surface area contributed by atoms with Gasteiger partial charge in [0.1, 0.15) is 11.2 Å². The number of aromatic carboxylic acids is 2. The number of carboxylic acids is 2. The van der Waals surface area contributed by atoms with E-state index < -0.39 is 11.9 Å². The van der Waals surface area contributed by atoms with Gasteiger partial charge in [0.15, 0.2) is 0 Å². The van der Waals surface area contributed by atoms with Gasteiger partial charge in [-0.25, -0.2) is 24.5 Å². The molecule has 2 heterocycles. The van der Waals surface area contributed by atoms with Gasteiger partial charge in [-0.3, -0.25) is 0 Å². The number of fused-ring (bicyclic) bond motifs is 4. The Balaban J connectivity index is 2.04. The van der Waals surface area contributed by atoms with Gasteiger partial charge >= 0.3 is 11.9 Å². The van der Waals surface area contributed by atoms with Crippen LogP contribution in [-0.2, 0) is 0 Å². The number of carboxylic acid groups (broad SMARTS) is 2. The van der Waals surface area contributed by atoms with Crippen LogP contribution in [0.1, 0.15) is 44.6 Å². The maximum atomic E-state index is 11.5. The van der Waals surface area contributed by atoms with Crippen molar-refractivity contribution in [3.8, 4) is 11.3 Å². The molecule has 0 bridgehead atoms. The summed E-state index contributed by atoms with van der Waals surface area (Å²) in [5.74, 6) is -2.21. The van der Waals surface area contributed by atoms with Crippen molar-refractivity contribution < 1.29 is 19.8 Å². The lowest BCUT2D eigenvalue weighted by Gasteiger charge is -2.07. The summed E-state index contributed by atoms with van der Waals surface area (Å²) in [6.45, 7) is 5.95. The van der Waals surface area contributed by atoms with E-state index in [9.17, 15) is 14.7 Å². The Labute approximate surface area is 153 Å². The summed E-state index contributed by atoms with van der Waals surface area (Å²) in [4.78, 5) is 35.7. The third-order valence-electron chi connectivity index (χ3n) is 4.37. The van der Waals surface area contributed by atoms with Crippen LogP contribution in [0.25, 0.3) is 33.9 Å². The molecule has 0 unspecified atom stereocenters. The fourth-order valence-corrected chi connectivity index (χ4v) is 3.22. The van der Waals surface area contributed by atoms with E-state index in [-0.39, 0.29) is 11.3 Å². The van der Waals surface area contributed by atoms with Crippen LogP contribution in [0.3, 0.4) is 0 Å². The van der Waals surface area contributed by atoms with Crippen LogP contribution in [0.2, 0.25) is 0 Å². The molecule has 0 saturated heterocycles. The second-order valence-electron chi connectivity index (χ2n) is 6.06. The fourth-order valence-electron chi connectivity index (χ4n) is 3.22. The lowest BCUT2D eigenvalue weighted by molar-refractivity contribution is 0.0682. The van der Waals surface area contributed by atoms with Crippen molar-refractivity contribution in [2.45, 2.75) is 6.92 Å². The average Bonchev–Trinajstić information content (AvgIpc) is 2.91. The highest BCUT2D eigenvalue weighted by Crippen LogP contribution is 2.44. The minimum absolute atomic E-state index is 0.130. The summed E-state index contributed by atoms with van der Waals surface area (Å²) in [7, 11) is 0. The van der Waals surface area contributed by atoms with Gasteiger partial charge in [0.2, 0.25) is 0 Å². The van der Waals surface area contributed by atoms with Crippen molar-refractivity contribution in [3.05, 3.63) is 65.1 Å². The molecule has 1 aliphatic rings. The molecule has 0 fully saturated rings. The van der Waals surface area contributed by atoms with Gasteiger partial charge in [-0.15, -0.1) is 0 Å². The van der Waals surface area contributed by atoms with Crippen LogP contribution in [0, 0.1) is 0 Å². The molecule has 1 aromatic carbocycles. The largest absolute Gasteiger partial charge is 0.478 e. The predicted octanol–water partition coefficient (Wildman–Crippen LogP) is 3.50. The molecule has 2 N–H and O–H groups in total. The summed E-state index contributed by atoms with van der Waals surface area (Å²) in [5.41, 5.74) is 4.57. The molecule has 7 heteroatoms. The third-order valence-corrected chi connectivity index (χ3v) is 4.37. The monoisotopic (exact) mass is 359 g/mol. The Morgan fingerprint density at radius 3 is 2.44 bits per heavy atom. The average molecular weight is 359 g/mol. The predicted molar refractivity (Wildman–Crippen MR) is 99.5 cm³/mol. The Bertz CT molecular complexity index is 1210. The van der Waals surface area contributed by atoms with Crippen LogP contribution in [0.15, 0.2) is 37.1 Å². The van der Waals surface area contributed by atoms with Crippen molar-refractivity contribution in [2.75, 3.05) is 0 Å². The standard InChI is InChI=1S/C20H13N3O4/c1-3-4-10-5-11(19(24)25)6-12-16(10)9(2)17-18(12)22-13-7-14(20(26)27)21-8-15(13)23-17/h3-8H,2H2,1H3,(H,24,25)(H,26,27)/b4-3-. The molecular weight excluding hydrogens is 346 g/mol. The van der Waals surface area contributed by atoms with Gasteiger partial charge in [0.05, 0.1) is 28.7 Å². The number of rotatable bonds is 3. The van der Waals surface area contributed by atoms with E-state index in [2.05, 4.69) is 21.5 Å². The first-order valence-corrected chi connectivity index (χ1v) is 8.06. The Hall–Kier alpha value is -3.87. The highest BCUT2D eigenvalue weighted by atomic mass is 16.4. The molecular formula is C20H13N3O4. The summed E-state index contributed by atoms with van der Waals surface area (Å²) >= 11 is 0. The van der Waals surface area contributed by atoms with Gasteiger partial charge in [0, 0.05) is 16.7 Å². The van der Waals surface area contributed by atoms with Gasteiger partial charge < -0.3 is 10.2 Å². The van der Waals surface area contributed by atoms with Crippen molar-refractivity contribution in [1.82, 2.24) is 15.0 Å². The van der Waals surface area contributed by atoms with E-state index >= 15 is 0 Å². The second kappa shape index (κ2) is 5.84. The molecule has 0 radical (unpaired) electrons. The highest BCUT2D eigenvalue weighted by Gasteiger charge is 2.29. The van der Waals surface area contributed by atoms with Gasteiger partial charge in [0.25, 0.3) is 0 Å². The van der Waals surface area contributed by atoms with Crippen molar-refractivity contribution >= 4 is 34.6 Å². The highest BCUT2D eigenvalue weighted by molar-refractivity contribution is 6.04. The molecule has 7 nitrogen and oxygen atoms in total. The lowest BCUT2D eigenvalue weighted by Crippen LogP contribution is -2.01. The number of benzene rings is 1. The molecule has 2 aromatic heterocycles. The quantitative estimate of drug-likeness (QED) is 0.575. The first kappa shape index (κ1) is 16.6. The van der Waals surface area contributed by atoms with E-state index in [1.807, 2.05) is 19.1 Å². The Morgan fingerprint density at radius 2 is 1.78 bits per heavy atom. The fraction of sp³-hybridized carbons (Fsp3) is 0.0500. The van der Waals surface area contributed by atoms with Crippen molar-refractivity contribution in [1.29, 1.82) is 0 Å². The minimum atomic E-state index is -1.16. The number of hydrogen-bond acceptors (Lipinski definition) is 5. The summed E-state index contributed by atoms with van der Waals surface area (Å²) in [5, 5.41) is 18.6. The van der Waals surface area contributed by atoms with Crippen LogP contribution in [-0.4, -0.2) is 37.1 Å². The molecule has 0 saturated carbocycles. The zero-order valence-corrected chi connectivity index (χ0v) is 14.2. The molecule has 0 aliphatic heterocycles. The maximum Gasteiger partial charge on any atom is 0.354 e. The van der Waals surface area contributed by atoms with Gasteiger partial charge in [-0.1, -0.05) is 18.7 Å². The lowest BCUT2D eigenvalue weighted by atomic mass is 9.96. The van der Waals surface area contributed by atoms with E-state index in [1.165, 1.54) is 12.3 Å². The summed E-state index contributed by atoms with van der Waals surface area (Å²) < 4.78 is 0. The second-order valence-corrected chi connectivity index (χ2v) is 6.06. The van der Waals surface area contributed by atoms with Crippen LogP contribution in [0.4, 0.5) is 0 Å². The number of pyridine rings is 1. The third kappa shape index (κ3) is 2.48. The van der Waals surface area contributed by atoms with Crippen molar-refractivity contribution in [2.24, 2.45) is 0 Å². The number of nitrogens with zero attached hydrogens (tertiary/aromatic N) is 3. The topological polar surface area (TPSA) is 113 Å². The first-order chi connectivity index (χ1) is 12.9. The summed E-state index contributed by atoms with van der Waals surface area (Å²) in [6, 6.07) is 4.48. The molecule has 1 aliphatic carbocycles. The molecule has 132 valence electrons. The number of allylic oxidation sites excluding steroid dienone is 1. The summed E-state index contributed by atoms with van der Waals surface area (Å²) in [6.07, 6.45) is 4.99.